The number of aryl methyl sites for hydroxylation is 1. The maximum atomic E-state index is 13.3. The average molecular weight is 446 g/mol. The molecule has 3 aromatic rings. The molecule has 2 atom stereocenters. The Kier molecular flexibility index (Phi) is 5.74. The molecule has 30 heavy (non-hydrogen) atoms. The molecule has 1 aromatic heterocycles. The van der Waals surface area contributed by atoms with Crippen LogP contribution in [0, 0.1) is 6.92 Å². The van der Waals surface area contributed by atoms with E-state index >= 15 is 0 Å². The summed E-state index contributed by atoms with van der Waals surface area (Å²) in [5.74, 6) is 1.66. The Bertz CT molecular complexity index is 1090. The zero-order chi connectivity index (χ0) is 21.3. The molecule has 10 heteroatoms. The monoisotopic (exact) mass is 445 g/mol. The zero-order valence-electron chi connectivity index (χ0n) is 16.5. The highest BCUT2D eigenvalue weighted by Gasteiger charge is 2.38. The van der Waals surface area contributed by atoms with Crippen molar-refractivity contribution in [1.82, 2.24) is 14.9 Å². The number of aromatic nitrogens is 3. The van der Waals surface area contributed by atoms with Gasteiger partial charge in [-0.25, -0.2) is 4.68 Å². The number of carbonyl (C=O) groups is 1. The molecule has 8 nitrogen and oxygen atoms in total. The van der Waals surface area contributed by atoms with Crippen LogP contribution >= 0.6 is 23.4 Å². The number of amides is 1. The van der Waals surface area contributed by atoms with E-state index in [0.717, 1.165) is 5.56 Å². The molecule has 1 aliphatic heterocycles. The van der Waals surface area contributed by atoms with E-state index in [1.807, 2.05) is 25.1 Å². The van der Waals surface area contributed by atoms with E-state index in [2.05, 4.69) is 20.9 Å². The van der Waals surface area contributed by atoms with Crippen LogP contribution in [0.2, 0.25) is 5.02 Å². The van der Waals surface area contributed by atoms with Gasteiger partial charge in [0, 0.05) is 0 Å². The van der Waals surface area contributed by atoms with Gasteiger partial charge in [-0.1, -0.05) is 41.6 Å². The number of para-hydroxylation sites is 2. The number of hydrogen-bond acceptors (Lipinski definition) is 7. The molecule has 2 unspecified atom stereocenters. The van der Waals surface area contributed by atoms with Crippen LogP contribution in [0.25, 0.3) is 0 Å². The minimum Gasteiger partial charge on any atom is -0.495 e. The number of methoxy groups -OCH3 is 2. The van der Waals surface area contributed by atoms with Gasteiger partial charge in [-0.2, -0.15) is 0 Å². The van der Waals surface area contributed by atoms with Gasteiger partial charge in [0.25, 0.3) is 0 Å². The summed E-state index contributed by atoms with van der Waals surface area (Å²) in [6.45, 7) is 1.84. The fourth-order valence-electron chi connectivity index (χ4n) is 3.24. The van der Waals surface area contributed by atoms with E-state index in [0.29, 0.717) is 33.2 Å². The number of ether oxygens (including phenoxy) is 2. The summed E-state index contributed by atoms with van der Waals surface area (Å²) >= 11 is 7.68. The first-order chi connectivity index (χ1) is 14.5. The number of nitrogens with zero attached hydrogens (tertiary/aromatic N) is 3. The SMILES string of the molecule is COc1ccc(C2Nn3c(C)nnc3SC2C(=O)Nc2ccccc2OC)cc1Cl. The zero-order valence-corrected chi connectivity index (χ0v) is 18.1. The van der Waals surface area contributed by atoms with Gasteiger partial charge < -0.3 is 20.2 Å². The van der Waals surface area contributed by atoms with Crippen LogP contribution in [0.4, 0.5) is 5.69 Å². The molecule has 2 heterocycles. The Labute approximate surface area is 182 Å². The molecule has 0 bridgehead atoms. The molecule has 2 aromatic carbocycles. The first kappa shape index (κ1) is 20.4. The highest BCUT2D eigenvalue weighted by atomic mass is 35.5. The molecule has 0 radical (unpaired) electrons. The summed E-state index contributed by atoms with van der Waals surface area (Å²) in [5.41, 5.74) is 4.79. The van der Waals surface area contributed by atoms with Gasteiger partial charge in [0.15, 0.2) is 0 Å². The third kappa shape index (κ3) is 3.78. The van der Waals surface area contributed by atoms with E-state index in [-0.39, 0.29) is 11.9 Å². The molecular weight excluding hydrogens is 426 g/mol. The third-order valence-corrected chi connectivity index (χ3v) is 6.27. The summed E-state index contributed by atoms with van der Waals surface area (Å²) in [6.07, 6.45) is 0. The van der Waals surface area contributed by atoms with Crippen molar-refractivity contribution >= 4 is 35.0 Å². The van der Waals surface area contributed by atoms with Crippen LogP contribution in [0.1, 0.15) is 17.4 Å². The number of rotatable bonds is 5. The van der Waals surface area contributed by atoms with Crippen LogP contribution in [-0.4, -0.2) is 40.3 Å². The van der Waals surface area contributed by atoms with Gasteiger partial charge in [-0.15, -0.1) is 10.2 Å². The summed E-state index contributed by atoms with van der Waals surface area (Å²) in [6, 6.07) is 12.4. The van der Waals surface area contributed by atoms with Crippen molar-refractivity contribution in [3.8, 4) is 11.5 Å². The van der Waals surface area contributed by atoms with Gasteiger partial charge in [-0.3, -0.25) is 4.79 Å². The largest absolute Gasteiger partial charge is 0.495 e. The number of benzene rings is 2. The van der Waals surface area contributed by atoms with Crippen molar-refractivity contribution in [3.63, 3.8) is 0 Å². The number of carbonyl (C=O) groups excluding carboxylic acids is 1. The predicted octanol–water partition coefficient (Wildman–Crippen LogP) is 3.65. The molecule has 0 spiro atoms. The Morgan fingerprint density at radius 2 is 1.93 bits per heavy atom. The molecule has 0 saturated carbocycles. The first-order valence-corrected chi connectivity index (χ1v) is 10.4. The van der Waals surface area contributed by atoms with E-state index in [4.69, 9.17) is 21.1 Å². The van der Waals surface area contributed by atoms with E-state index < -0.39 is 5.25 Å². The number of fused-ring (bicyclic) bond motifs is 1. The average Bonchev–Trinajstić information content (AvgIpc) is 3.13. The third-order valence-electron chi connectivity index (χ3n) is 4.76. The second-order valence-electron chi connectivity index (χ2n) is 6.59. The second-order valence-corrected chi connectivity index (χ2v) is 8.11. The van der Waals surface area contributed by atoms with Gasteiger partial charge in [0.05, 0.1) is 31.0 Å². The topological polar surface area (TPSA) is 90.3 Å². The van der Waals surface area contributed by atoms with E-state index in [1.165, 1.54) is 11.8 Å². The standard InChI is InChI=1S/C20H20ClN5O3S/c1-11-23-24-20-26(11)25-17(12-8-9-15(28-2)13(21)10-12)18(30-20)19(27)22-14-6-4-5-7-16(14)29-3/h4-10,17-18,25H,1-3H3,(H,22,27). The van der Waals surface area contributed by atoms with Crippen molar-refractivity contribution in [1.29, 1.82) is 0 Å². The molecule has 0 saturated heterocycles. The van der Waals surface area contributed by atoms with Crippen molar-refractivity contribution in [2.75, 3.05) is 25.0 Å². The van der Waals surface area contributed by atoms with Gasteiger partial charge in [0.2, 0.25) is 11.1 Å². The molecule has 2 N–H and O–H groups in total. The quantitative estimate of drug-likeness (QED) is 0.619. The maximum absolute atomic E-state index is 13.3. The lowest BCUT2D eigenvalue weighted by atomic mass is 10.0. The minimum atomic E-state index is -0.532. The minimum absolute atomic E-state index is 0.194. The molecule has 1 amide bonds. The molecule has 0 aliphatic carbocycles. The Hall–Kier alpha value is -2.91. The number of nitrogens with one attached hydrogen (secondary N) is 2. The highest BCUT2D eigenvalue weighted by molar-refractivity contribution is 8.00. The van der Waals surface area contributed by atoms with Crippen LogP contribution in [0.15, 0.2) is 47.6 Å². The molecule has 0 fully saturated rings. The van der Waals surface area contributed by atoms with Crippen LogP contribution < -0.4 is 20.2 Å². The number of hydrogen-bond donors (Lipinski definition) is 2. The fourth-order valence-corrected chi connectivity index (χ4v) is 4.63. The maximum Gasteiger partial charge on any atom is 0.240 e. The van der Waals surface area contributed by atoms with Crippen LogP contribution in [0.3, 0.4) is 0 Å². The van der Waals surface area contributed by atoms with Crippen LogP contribution in [0.5, 0.6) is 11.5 Å². The summed E-state index contributed by atoms with van der Waals surface area (Å²) < 4.78 is 12.4. The van der Waals surface area contributed by atoms with Crippen molar-refractivity contribution < 1.29 is 14.3 Å². The van der Waals surface area contributed by atoms with Gasteiger partial charge >= 0.3 is 0 Å². The second kappa shape index (κ2) is 8.45. The Morgan fingerprint density at radius 3 is 2.67 bits per heavy atom. The van der Waals surface area contributed by atoms with Crippen molar-refractivity contribution in [2.24, 2.45) is 0 Å². The lowest BCUT2D eigenvalue weighted by Gasteiger charge is -2.33. The predicted molar refractivity (Wildman–Crippen MR) is 116 cm³/mol. The van der Waals surface area contributed by atoms with Gasteiger partial charge in [-0.05, 0) is 36.8 Å². The Balaban J connectivity index is 1.69. The van der Waals surface area contributed by atoms with Crippen LogP contribution in [-0.2, 0) is 4.79 Å². The summed E-state index contributed by atoms with van der Waals surface area (Å²) in [4.78, 5) is 13.3. The fraction of sp³-hybridized carbons (Fsp3) is 0.250. The Morgan fingerprint density at radius 1 is 1.17 bits per heavy atom. The lowest BCUT2D eigenvalue weighted by molar-refractivity contribution is -0.116. The molecule has 156 valence electrons. The van der Waals surface area contributed by atoms with Crippen molar-refractivity contribution in [2.45, 2.75) is 23.4 Å². The normalized spacial score (nSPS) is 17.6. The molecule has 1 aliphatic rings. The summed E-state index contributed by atoms with van der Waals surface area (Å²) in [7, 11) is 3.13. The van der Waals surface area contributed by atoms with E-state index in [9.17, 15) is 4.79 Å². The van der Waals surface area contributed by atoms with Crippen molar-refractivity contribution in [3.05, 3.63) is 58.9 Å². The first-order valence-electron chi connectivity index (χ1n) is 9.14. The number of halogens is 1. The van der Waals surface area contributed by atoms with Gasteiger partial charge in [0.1, 0.15) is 22.6 Å². The molecular formula is C20H20ClN5O3S. The highest BCUT2D eigenvalue weighted by Crippen LogP contribution is 2.39. The lowest BCUT2D eigenvalue weighted by Crippen LogP contribution is -2.41. The number of anilines is 1. The molecule has 4 rings (SSSR count). The smallest absolute Gasteiger partial charge is 0.240 e. The number of thioether (sulfide) groups is 1. The summed E-state index contributed by atoms with van der Waals surface area (Å²) in [5, 5.41) is 11.8. The van der Waals surface area contributed by atoms with E-state index in [1.54, 1.807) is 43.2 Å².